The van der Waals surface area contributed by atoms with Gasteiger partial charge in [0, 0.05) is 16.6 Å². The molecule has 6 heteroatoms. The molecule has 1 unspecified atom stereocenters. The van der Waals surface area contributed by atoms with E-state index in [2.05, 4.69) is 15.2 Å². The van der Waals surface area contributed by atoms with Gasteiger partial charge in [-0.2, -0.15) is 0 Å². The van der Waals surface area contributed by atoms with Gasteiger partial charge in [0.25, 0.3) is 0 Å². The van der Waals surface area contributed by atoms with Crippen LogP contribution in [0.25, 0.3) is 0 Å². The van der Waals surface area contributed by atoms with Crippen LogP contribution in [0.5, 0.6) is 0 Å². The fourth-order valence-electron chi connectivity index (χ4n) is 2.12. The molecule has 1 aliphatic heterocycles. The molecule has 0 aromatic heterocycles. The van der Waals surface area contributed by atoms with Crippen LogP contribution in [0.15, 0.2) is 23.2 Å². The Morgan fingerprint density at radius 2 is 2.20 bits per heavy atom. The second-order valence-corrected chi connectivity index (χ2v) is 5.84. The summed E-state index contributed by atoms with van der Waals surface area (Å²) >= 11 is 12.1. The number of hydrogen-bond donors (Lipinski definition) is 2. The number of hydrogen-bond acceptors (Lipinski definition) is 2. The standard InChI is InChI=1S/C14H20Cl2N4/c1-10(12-4-3-11(15)9-13(12)16)19-14(17)18-5-8-20-6-2-7-20/h3-4,9-10H,2,5-8H2,1H3,(H3,17,18,19). The van der Waals surface area contributed by atoms with Crippen molar-refractivity contribution < 1.29 is 0 Å². The molecule has 2 rings (SSSR count). The minimum absolute atomic E-state index is 0.00692. The SMILES string of the molecule is CC(NC(N)=NCCN1CCC1)c1ccc(Cl)cc1Cl. The Labute approximate surface area is 129 Å². The lowest BCUT2D eigenvalue weighted by molar-refractivity contribution is 0.187. The molecule has 1 atom stereocenters. The number of likely N-dealkylation sites (tertiary alicyclic amines) is 1. The predicted molar refractivity (Wildman–Crippen MR) is 85.6 cm³/mol. The Bertz CT molecular complexity index is 486. The van der Waals surface area contributed by atoms with E-state index in [4.69, 9.17) is 28.9 Å². The molecule has 1 aromatic rings. The summed E-state index contributed by atoms with van der Waals surface area (Å²) in [7, 11) is 0. The first-order valence-electron chi connectivity index (χ1n) is 6.80. The largest absolute Gasteiger partial charge is 0.370 e. The highest BCUT2D eigenvalue weighted by atomic mass is 35.5. The van der Waals surface area contributed by atoms with E-state index in [0.29, 0.717) is 16.0 Å². The first kappa shape index (κ1) is 15.4. The maximum atomic E-state index is 6.17. The van der Waals surface area contributed by atoms with E-state index in [1.807, 2.05) is 19.1 Å². The summed E-state index contributed by atoms with van der Waals surface area (Å²) in [6.07, 6.45) is 1.30. The third-order valence-corrected chi connectivity index (χ3v) is 4.00. The molecular formula is C14H20Cl2N4. The summed E-state index contributed by atoms with van der Waals surface area (Å²) < 4.78 is 0. The van der Waals surface area contributed by atoms with Gasteiger partial charge < -0.3 is 16.0 Å². The molecule has 3 N–H and O–H groups in total. The Hall–Kier alpha value is -0.970. The van der Waals surface area contributed by atoms with E-state index in [0.717, 1.165) is 18.7 Å². The molecule has 0 radical (unpaired) electrons. The highest BCUT2D eigenvalue weighted by Gasteiger charge is 2.13. The van der Waals surface area contributed by atoms with E-state index in [1.54, 1.807) is 6.07 Å². The zero-order valence-corrected chi connectivity index (χ0v) is 13.1. The molecule has 0 bridgehead atoms. The number of nitrogens with zero attached hydrogens (tertiary/aromatic N) is 2. The molecule has 1 heterocycles. The molecule has 1 aromatic carbocycles. The van der Waals surface area contributed by atoms with Crippen LogP contribution in [-0.4, -0.2) is 37.0 Å². The van der Waals surface area contributed by atoms with Gasteiger partial charge in [0.05, 0.1) is 12.6 Å². The Morgan fingerprint density at radius 3 is 2.80 bits per heavy atom. The first-order valence-corrected chi connectivity index (χ1v) is 7.55. The number of nitrogens with one attached hydrogen (secondary N) is 1. The zero-order chi connectivity index (χ0) is 14.5. The second kappa shape index (κ2) is 7.16. The van der Waals surface area contributed by atoms with Crippen LogP contribution < -0.4 is 11.1 Å². The number of benzene rings is 1. The van der Waals surface area contributed by atoms with Crippen LogP contribution in [0.2, 0.25) is 10.0 Å². The monoisotopic (exact) mass is 314 g/mol. The van der Waals surface area contributed by atoms with Crippen LogP contribution >= 0.6 is 23.2 Å². The van der Waals surface area contributed by atoms with Crippen molar-refractivity contribution in [3.8, 4) is 0 Å². The van der Waals surface area contributed by atoms with Crippen LogP contribution in [0.1, 0.15) is 24.9 Å². The van der Waals surface area contributed by atoms with E-state index in [-0.39, 0.29) is 6.04 Å². The number of aliphatic imine (C=N–C) groups is 1. The van der Waals surface area contributed by atoms with Crippen molar-refractivity contribution in [1.82, 2.24) is 10.2 Å². The van der Waals surface area contributed by atoms with E-state index < -0.39 is 0 Å². The molecule has 4 nitrogen and oxygen atoms in total. The first-order chi connectivity index (χ1) is 9.56. The summed E-state index contributed by atoms with van der Waals surface area (Å²) in [5.74, 6) is 0.448. The van der Waals surface area contributed by atoms with Crippen molar-refractivity contribution >= 4 is 29.2 Å². The Balaban J connectivity index is 1.85. The second-order valence-electron chi connectivity index (χ2n) is 4.99. The third-order valence-electron chi connectivity index (χ3n) is 3.44. The maximum absolute atomic E-state index is 6.17. The Morgan fingerprint density at radius 1 is 1.45 bits per heavy atom. The van der Waals surface area contributed by atoms with Gasteiger partial charge in [-0.1, -0.05) is 29.3 Å². The summed E-state index contributed by atoms with van der Waals surface area (Å²) in [6.45, 7) is 6.05. The quantitative estimate of drug-likeness (QED) is 0.649. The van der Waals surface area contributed by atoms with Crippen LogP contribution in [0.4, 0.5) is 0 Å². The van der Waals surface area contributed by atoms with Crippen LogP contribution in [0, 0.1) is 0 Å². The molecule has 110 valence electrons. The minimum atomic E-state index is -0.00692. The highest BCUT2D eigenvalue weighted by molar-refractivity contribution is 6.35. The topological polar surface area (TPSA) is 53.6 Å². The fraction of sp³-hybridized carbons (Fsp3) is 0.500. The smallest absolute Gasteiger partial charge is 0.189 e. The molecule has 1 fully saturated rings. The fourth-order valence-corrected chi connectivity index (χ4v) is 2.69. The lowest BCUT2D eigenvalue weighted by Crippen LogP contribution is -2.39. The summed E-state index contributed by atoms with van der Waals surface area (Å²) in [4.78, 5) is 6.69. The van der Waals surface area contributed by atoms with Crippen molar-refractivity contribution in [1.29, 1.82) is 0 Å². The van der Waals surface area contributed by atoms with Gasteiger partial charge in [-0.15, -0.1) is 0 Å². The van der Waals surface area contributed by atoms with Crippen molar-refractivity contribution in [2.24, 2.45) is 10.7 Å². The normalized spacial score (nSPS) is 17.6. The third kappa shape index (κ3) is 4.27. The van der Waals surface area contributed by atoms with Gasteiger partial charge in [-0.05, 0) is 44.1 Å². The highest BCUT2D eigenvalue weighted by Crippen LogP contribution is 2.25. The lowest BCUT2D eigenvalue weighted by atomic mass is 10.1. The van der Waals surface area contributed by atoms with E-state index in [9.17, 15) is 0 Å². The average Bonchev–Trinajstić information content (AvgIpc) is 2.32. The minimum Gasteiger partial charge on any atom is -0.370 e. The number of halogens is 2. The van der Waals surface area contributed by atoms with Gasteiger partial charge in [-0.25, -0.2) is 0 Å². The van der Waals surface area contributed by atoms with Gasteiger partial charge in [0.2, 0.25) is 0 Å². The van der Waals surface area contributed by atoms with Crippen LogP contribution in [-0.2, 0) is 0 Å². The van der Waals surface area contributed by atoms with Gasteiger partial charge in [-0.3, -0.25) is 4.99 Å². The summed E-state index contributed by atoms with van der Waals surface area (Å²) in [5.41, 5.74) is 6.84. The van der Waals surface area contributed by atoms with Crippen molar-refractivity contribution in [2.45, 2.75) is 19.4 Å². The molecular weight excluding hydrogens is 295 g/mol. The number of guanidine groups is 1. The van der Waals surface area contributed by atoms with Crippen LogP contribution in [0.3, 0.4) is 0 Å². The molecule has 0 aliphatic carbocycles. The Kier molecular flexibility index (Phi) is 5.52. The lowest BCUT2D eigenvalue weighted by Gasteiger charge is -2.29. The molecule has 20 heavy (non-hydrogen) atoms. The van der Waals surface area contributed by atoms with Crippen molar-refractivity contribution in [3.63, 3.8) is 0 Å². The van der Waals surface area contributed by atoms with Gasteiger partial charge >= 0.3 is 0 Å². The van der Waals surface area contributed by atoms with Gasteiger partial charge in [0.15, 0.2) is 5.96 Å². The molecule has 1 aliphatic rings. The summed E-state index contributed by atoms with van der Waals surface area (Å²) in [6, 6.07) is 5.44. The number of nitrogens with two attached hydrogens (primary N) is 1. The molecule has 1 saturated heterocycles. The predicted octanol–water partition coefficient (Wildman–Crippen LogP) is 2.66. The average molecular weight is 315 g/mol. The van der Waals surface area contributed by atoms with E-state index in [1.165, 1.54) is 19.5 Å². The van der Waals surface area contributed by atoms with Crippen molar-refractivity contribution in [3.05, 3.63) is 33.8 Å². The molecule has 0 spiro atoms. The van der Waals surface area contributed by atoms with Crippen molar-refractivity contribution in [2.75, 3.05) is 26.2 Å². The molecule has 0 amide bonds. The van der Waals surface area contributed by atoms with Gasteiger partial charge in [0.1, 0.15) is 0 Å². The number of rotatable bonds is 5. The molecule has 0 saturated carbocycles. The maximum Gasteiger partial charge on any atom is 0.189 e. The summed E-state index contributed by atoms with van der Waals surface area (Å²) in [5, 5.41) is 4.41. The van der Waals surface area contributed by atoms with E-state index >= 15 is 0 Å². The zero-order valence-electron chi connectivity index (χ0n) is 11.6.